The SMILES string of the molecule is CCNC(=NCCNS(C)(=O)=O)N(C)CCOc1ccccc1C.I. The van der Waals surface area contributed by atoms with E-state index in [-0.39, 0.29) is 30.5 Å². The van der Waals surface area contributed by atoms with E-state index in [1.54, 1.807) is 0 Å². The average molecular weight is 484 g/mol. The number of benzene rings is 1. The van der Waals surface area contributed by atoms with Gasteiger partial charge in [-0.25, -0.2) is 13.1 Å². The molecule has 9 heteroatoms. The number of nitrogens with zero attached hydrogens (tertiary/aromatic N) is 2. The number of halogens is 1. The molecule has 0 spiro atoms. The van der Waals surface area contributed by atoms with Crippen molar-refractivity contribution in [1.29, 1.82) is 0 Å². The molecule has 2 N–H and O–H groups in total. The zero-order chi connectivity index (χ0) is 18.0. The Labute approximate surface area is 168 Å². The summed E-state index contributed by atoms with van der Waals surface area (Å²) in [5.41, 5.74) is 1.10. The summed E-state index contributed by atoms with van der Waals surface area (Å²) in [4.78, 5) is 6.37. The first-order valence-corrected chi connectivity index (χ1v) is 9.85. The minimum absolute atomic E-state index is 0. The number of likely N-dealkylation sites (N-methyl/N-ethyl adjacent to an activating group) is 1. The summed E-state index contributed by atoms with van der Waals surface area (Å²) in [6.07, 6.45) is 1.14. The lowest BCUT2D eigenvalue weighted by Gasteiger charge is -2.22. The Kier molecular flexibility index (Phi) is 11.8. The molecule has 1 rings (SSSR count). The lowest BCUT2D eigenvalue weighted by atomic mass is 10.2. The van der Waals surface area contributed by atoms with Crippen LogP contribution in [0.15, 0.2) is 29.3 Å². The molecule has 0 bridgehead atoms. The number of ether oxygens (including phenoxy) is 1. The molecule has 0 heterocycles. The van der Waals surface area contributed by atoms with Crippen LogP contribution in [0.2, 0.25) is 0 Å². The second-order valence-corrected chi connectivity index (χ2v) is 7.27. The van der Waals surface area contributed by atoms with Crippen LogP contribution in [-0.4, -0.2) is 65.4 Å². The van der Waals surface area contributed by atoms with Gasteiger partial charge in [-0.2, -0.15) is 0 Å². The van der Waals surface area contributed by atoms with Gasteiger partial charge in [0.1, 0.15) is 12.4 Å². The van der Waals surface area contributed by atoms with Crippen molar-refractivity contribution in [2.24, 2.45) is 4.99 Å². The van der Waals surface area contributed by atoms with Gasteiger partial charge in [0.15, 0.2) is 5.96 Å². The Balaban J connectivity index is 0.00000576. The predicted octanol–water partition coefficient (Wildman–Crippen LogP) is 1.44. The molecule has 0 atom stereocenters. The molecule has 0 fully saturated rings. The predicted molar refractivity (Wildman–Crippen MR) is 114 cm³/mol. The second kappa shape index (κ2) is 12.3. The molecular formula is C16H29IN4O3S. The van der Waals surface area contributed by atoms with Crippen LogP contribution in [0.4, 0.5) is 0 Å². The fourth-order valence-electron chi connectivity index (χ4n) is 1.98. The van der Waals surface area contributed by atoms with Gasteiger partial charge in [0.2, 0.25) is 10.0 Å². The van der Waals surface area contributed by atoms with Gasteiger partial charge < -0.3 is 15.0 Å². The molecule has 1 aromatic rings. The van der Waals surface area contributed by atoms with Gasteiger partial charge in [-0.05, 0) is 25.5 Å². The number of hydrogen-bond donors (Lipinski definition) is 2. The minimum atomic E-state index is -3.18. The summed E-state index contributed by atoms with van der Waals surface area (Å²) in [7, 11) is -1.25. The average Bonchev–Trinajstić information content (AvgIpc) is 2.51. The van der Waals surface area contributed by atoms with E-state index in [9.17, 15) is 8.42 Å². The highest BCUT2D eigenvalue weighted by Crippen LogP contribution is 2.15. The summed E-state index contributed by atoms with van der Waals surface area (Å²) in [6.45, 7) is 6.59. The first-order valence-electron chi connectivity index (χ1n) is 7.96. The fourth-order valence-corrected chi connectivity index (χ4v) is 2.44. The molecule has 0 aliphatic rings. The van der Waals surface area contributed by atoms with Crippen molar-refractivity contribution in [3.8, 4) is 5.75 Å². The van der Waals surface area contributed by atoms with E-state index in [2.05, 4.69) is 15.0 Å². The van der Waals surface area contributed by atoms with Crippen molar-refractivity contribution in [1.82, 2.24) is 14.9 Å². The van der Waals surface area contributed by atoms with Crippen LogP contribution in [0.5, 0.6) is 5.75 Å². The fraction of sp³-hybridized carbons (Fsp3) is 0.562. The third-order valence-corrected chi connectivity index (χ3v) is 3.94. The maximum absolute atomic E-state index is 11.0. The molecular weight excluding hydrogens is 455 g/mol. The third kappa shape index (κ3) is 10.5. The number of aryl methyl sites for hydroxylation is 1. The number of aliphatic imine (C=N–C) groups is 1. The second-order valence-electron chi connectivity index (χ2n) is 5.44. The Morgan fingerprint density at radius 2 is 2.00 bits per heavy atom. The van der Waals surface area contributed by atoms with E-state index in [0.29, 0.717) is 19.7 Å². The summed E-state index contributed by atoms with van der Waals surface area (Å²) in [6, 6.07) is 7.89. The molecule has 0 saturated heterocycles. The van der Waals surface area contributed by atoms with Crippen LogP contribution in [-0.2, 0) is 10.0 Å². The molecule has 0 aliphatic heterocycles. The van der Waals surface area contributed by atoms with Crippen molar-refractivity contribution < 1.29 is 13.2 Å². The lowest BCUT2D eigenvalue weighted by molar-refractivity contribution is 0.280. The highest BCUT2D eigenvalue weighted by Gasteiger charge is 2.06. The molecule has 7 nitrogen and oxygen atoms in total. The highest BCUT2D eigenvalue weighted by atomic mass is 127. The summed E-state index contributed by atoms with van der Waals surface area (Å²) in [5.74, 6) is 1.60. The Morgan fingerprint density at radius 1 is 1.32 bits per heavy atom. The quantitative estimate of drug-likeness (QED) is 0.240. The number of hydrogen-bond acceptors (Lipinski definition) is 4. The van der Waals surface area contributed by atoms with Crippen molar-refractivity contribution in [3.63, 3.8) is 0 Å². The number of nitrogens with one attached hydrogen (secondary N) is 2. The van der Waals surface area contributed by atoms with Crippen molar-refractivity contribution in [3.05, 3.63) is 29.8 Å². The molecule has 1 aromatic carbocycles. The molecule has 0 amide bonds. The third-order valence-electron chi connectivity index (χ3n) is 3.21. The zero-order valence-electron chi connectivity index (χ0n) is 15.3. The number of sulfonamides is 1. The highest BCUT2D eigenvalue weighted by molar-refractivity contribution is 14.0. The first kappa shape index (κ1) is 23.9. The minimum Gasteiger partial charge on any atom is -0.491 e. The van der Waals surface area contributed by atoms with E-state index >= 15 is 0 Å². The largest absolute Gasteiger partial charge is 0.491 e. The molecule has 0 aliphatic carbocycles. The lowest BCUT2D eigenvalue weighted by Crippen LogP contribution is -2.41. The zero-order valence-corrected chi connectivity index (χ0v) is 18.4. The topological polar surface area (TPSA) is 83.0 Å². The molecule has 0 saturated carbocycles. The van der Waals surface area contributed by atoms with Gasteiger partial charge in [-0.1, -0.05) is 18.2 Å². The maximum Gasteiger partial charge on any atom is 0.208 e. The van der Waals surface area contributed by atoms with Gasteiger partial charge >= 0.3 is 0 Å². The van der Waals surface area contributed by atoms with Gasteiger partial charge in [0.05, 0.1) is 19.3 Å². The smallest absolute Gasteiger partial charge is 0.208 e. The molecule has 25 heavy (non-hydrogen) atoms. The normalized spacial score (nSPS) is 11.6. The van der Waals surface area contributed by atoms with Crippen LogP contribution < -0.4 is 14.8 Å². The molecule has 0 aromatic heterocycles. The van der Waals surface area contributed by atoms with Gasteiger partial charge in [-0.3, -0.25) is 4.99 Å². The van der Waals surface area contributed by atoms with E-state index in [4.69, 9.17) is 4.74 Å². The summed E-state index contributed by atoms with van der Waals surface area (Å²) >= 11 is 0. The summed E-state index contributed by atoms with van der Waals surface area (Å²) in [5, 5.41) is 3.18. The molecule has 0 radical (unpaired) electrons. The number of guanidine groups is 1. The Bertz CT molecular complexity index is 638. The number of rotatable bonds is 9. The Hall–Kier alpha value is -1.07. The summed E-state index contributed by atoms with van der Waals surface area (Å²) < 4.78 is 30.3. The van der Waals surface area contributed by atoms with Gasteiger partial charge in [0, 0.05) is 20.1 Å². The van der Waals surface area contributed by atoms with Crippen molar-refractivity contribution in [2.75, 3.05) is 46.1 Å². The van der Waals surface area contributed by atoms with Gasteiger partial charge in [0.25, 0.3) is 0 Å². The van der Waals surface area contributed by atoms with Crippen LogP contribution in [0.25, 0.3) is 0 Å². The standard InChI is InChI=1S/C16H28N4O3S.HI/c1-5-17-16(18-10-11-19-24(4,21)22)20(3)12-13-23-15-9-7-6-8-14(15)2;/h6-9,19H,5,10-13H2,1-4H3,(H,17,18);1H. The van der Waals surface area contributed by atoms with E-state index in [1.807, 2.05) is 50.1 Å². The Morgan fingerprint density at radius 3 is 2.60 bits per heavy atom. The van der Waals surface area contributed by atoms with E-state index in [0.717, 1.165) is 30.1 Å². The van der Waals surface area contributed by atoms with E-state index < -0.39 is 10.0 Å². The molecule has 0 unspecified atom stereocenters. The van der Waals surface area contributed by atoms with Crippen molar-refractivity contribution in [2.45, 2.75) is 13.8 Å². The number of para-hydroxylation sites is 1. The van der Waals surface area contributed by atoms with E-state index in [1.165, 1.54) is 0 Å². The molecule has 144 valence electrons. The van der Waals surface area contributed by atoms with Gasteiger partial charge in [-0.15, -0.1) is 24.0 Å². The first-order chi connectivity index (χ1) is 11.3. The van der Waals surface area contributed by atoms with Crippen LogP contribution in [0, 0.1) is 6.92 Å². The monoisotopic (exact) mass is 484 g/mol. The van der Waals surface area contributed by atoms with Crippen LogP contribution in [0.3, 0.4) is 0 Å². The van der Waals surface area contributed by atoms with Crippen LogP contribution in [0.1, 0.15) is 12.5 Å². The van der Waals surface area contributed by atoms with Crippen LogP contribution >= 0.6 is 24.0 Å². The van der Waals surface area contributed by atoms with Crippen molar-refractivity contribution >= 4 is 40.0 Å². The maximum atomic E-state index is 11.0.